The lowest BCUT2D eigenvalue weighted by Gasteiger charge is -2.61. The van der Waals surface area contributed by atoms with Gasteiger partial charge in [0.2, 0.25) is 0 Å². The maximum atomic E-state index is 12.3. The first-order valence-electron chi connectivity index (χ1n) is 7.10. The van der Waals surface area contributed by atoms with Crippen LogP contribution in [-0.4, -0.2) is 20.3 Å². The van der Waals surface area contributed by atoms with E-state index in [1.54, 1.807) is 0 Å². The Labute approximate surface area is 117 Å². The molecule has 4 rings (SSSR count). The normalized spacial score (nSPS) is 41.1. The van der Waals surface area contributed by atoms with Gasteiger partial charge in [0.25, 0.3) is 10.1 Å². The number of hydrogen-bond acceptors (Lipinski definition) is 4. The summed E-state index contributed by atoms with van der Waals surface area (Å²) in [6, 6.07) is 0. The van der Waals surface area contributed by atoms with E-state index in [4.69, 9.17) is 4.18 Å². The molecule has 4 aliphatic rings. The average Bonchev–Trinajstić information content (AvgIpc) is 2.26. The van der Waals surface area contributed by atoms with Gasteiger partial charge in [-0.15, -0.1) is 0 Å². The van der Waals surface area contributed by atoms with Crippen LogP contribution in [0, 0.1) is 23.2 Å². The van der Waals surface area contributed by atoms with Crippen LogP contribution >= 0.6 is 0 Å². The first kappa shape index (κ1) is 15.3. The highest BCUT2D eigenvalue weighted by Crippen LogP contribution is 2.65. The Morgan fingerprint density at radius 1 is 1.00 bits per heavy atom. The molecule has 0 radical (unpaired) electrons. The highest BCUT2D eigenvalue weighted by atomic mass is 32.2. The summed E-state index contributed by atoms with van der Waals surface area (Å²) in [5, 5.41) is 0. The van der Waals surface area contributed by atoms with Gasteiger partial charge < -0.3 is 6.15 Å². The molecule has 0 aromatic heterocycles. The van der Waals surface area contributed by atoms with Crippen LogP contribution in [0.4, 0.5) is 0 Å². The molecule has 0 spiro atoms. The molecule has 0 aromatic carbocycles. The van der Waals surface area contributed by atoms with Crippen LogP contribution in [0.2, 0.25) is 0 Å². The van der Waals surface area contributed by atoms with Gasteiger partial charge in [-0.1, -0.05) is 0 Å². The maximum absolute atomic E-state index is 12.3. The molecule has 0 saturated heterocycles. The fourth-order valence-corrected chi connectivity index (χ4v) is 6.52. The van der Waals surface area contributed by atoms with Crippen molar-refractivity contribution in [3.05, 3.63) is 0 Å². The molecule has 4 aliphatic carbocycles. The van der Waals surface area contributed by atoms with Crippen LogP contribution in [0.1, 0.15) is 52.4 Å². The van der Waals surface area contributed by atoms with E-state index in [0.717, 1.165) is 37.0 Å². The van der Waals surface area contributed by atoms with Crippen molar-refractivity contribution < 1.29 is 12.6 Å². The topological polar surface area (TPSA) is 78.4 Å². The molecule has 0 unspecified atom stereocenters. The Bertz CT molecular complexity index is 420. The van der Waals surface area contributed by atoms with Gasteiger partial charge in [-0.25, -0.2) is 0 Å². The Morgan fingerprint density at radius 2 is 1.37 bits per heavy atom. The van der Waals surface area contributed by atoms with Gasteiger partial charge in [0.1, 0.15) is 0 Å². The lowest BCUT2D eigenvalue weighted by molar-refractivity contribution is -0.0725. The van der Waals surface area contributed by atoms with E-state index < -0.39 is 14.9 Å². The van der Waals surface area contributed by atoms with E-state index in [1.165, 1.54) is 26.4 Å². The van der Waals surface area contributed by atoms with Crippen molar-refractivity contribution in [1.82, 2.24) is 6.15 Å². The molecule has 19 heavy (non-hydrogen) atoms. The van der Waals surface area contributed by atoms with E-state index in [9.17, 15) is 8.42 Å². The molecule has 3 N–H and O–H groups in total. The number of hydrogen-bond donors (Lipinski definition) is 1. The Morgan fingerprint density at radius 3 is 1.68 bits per heavy atom. The van der Waals surface area contributed by atoms with Crippen LogP contribution in [0.25, 0.3) is 0 Å². The molecule has 0 aliphatic heterocycles. The summed E-state index contributed by atoms with van der Waals surface area (Å²) in [5.74, 6) is 2.30. The minimum absolute atomic E-state index is 0. The zero-order valence-corrected chi connectivity index (χ0v) is 13.1. The molecule has 0 amide bonds. The van der Waals surface area contributed by atoms with Crippen LogP contribution < -0.4 is 6.15 Å². The van der Waals surface area contributed by atoms with Crippen LogP contribution in [0.15, 0.2) is 0 Å². The molecule has 4 fully saturated rings. The summed E-state index contributed by atoms with van der Waals surface area (Å²) in [6.45, 7) is 3.78. The Hall–Kier alpha value is -0.130. The smallest absolute Gasteiger partial charge is 0.272 e. The van der Waals surface area contributed by atoms with Crippen molar-refractivity contribution in [2.45, 2.75) is 57.1 Å². The van der Waals surface area contributed by atoms with Crippen molar-refractivity contribution in [2.24, 2.45) is 23.2 Å². The van der Waals surface area contributed by atoms with E-state index in [2.05, 4.69) is 0 Å². The van der Waals surface area contributed by atoms with Gasteiger partial charge in [0.15, 0.2) is 0 Å². The highest BCUT2D eigenvalue weighted by molar-refractivity contribution is 7.88. The third kappa shape index (κ3) is 1.96. The van der Waals surface area contributed by atoms with Crippen molar-refractivity contribution in [2.75, 3.05) is 7.11 Å². The fraction of sp³-hybridized carbons (Fsp3) is 1.00. The molecule has 4 nitrogen and oxygen atoms in total. The zero-order chi connectivity index (χ0) is 13.2. The molecule has 4 bridgehead atoms. The second kappa shape index (κ2) is 4.43. The average molecular weight is 289 g/mol. The standard InChI is InChI=1S/C14H24O3S.H3N/c1-13(2,18(15,16)17-3)14-7-10-4-11(8-14)6-12(5-10)9-14;/h10-12H,4-9H2,1-3H3;1H3. The second-order valence-corrected chi connectivity index (χ2v) is 9.59. The van der Waals surface area contributed by atoms with Crippen LogP contribution in [0.3, 0.4) is 0 Å². The van der Waals surface area contributed by atoms with E-state index in [0.29, 0.717) is 0 Å². The van der Waals surface area contributed by atoms with Gasteiger partial charge in [-0.05, 0) is 75.5 Å². The van der Waals surface area contributed by atoms with Gasteiger partial charge in [0.05, 0.1) is 11.9 Å². The highest BCUT2D eigenvalue weighted by Gasteiger charge is 2.61. The summed E-state index contributed by atoms with van der Waals surface area (Å²) in [7, 11) is -2.16. The zero-order valence-electron chi connectivity index (χ0n) is 12.3. The molecular formula is C14H27NO3S. The van der Waals surface area contributed by atoms with E-state index >= 15 is 0 Å². The molecule has 5 heteroatoms. The first-order valence-corrected chi connectivity index (χ1v) is 8.51. The lowest BCUT2D eigenvalue weighted by Crippen LogP contribution is -2.58. The lowest BCUT2D eigenvalue weighted by atomic mass is 9.46. The van der Waals surface area contributed by atoms with Crippen molar-refractivity contribution in [3.8, 4) is 0 Å². The van der Waals surface area contributed by atoms with Crippen LogP contribution in [-0.2, 0) is 14.3 Å². The molecule has 0 heterocycles. The molecule has 0 atom stereocenters. The summed E-state index contributed by atoms with van der Waals surface area (Å²) < 4.78 is 28.7. The van der Waals surface area contributed by atoms with Gasteiger partial charge in [0, 0.05) is 0 Å². The quantitative estimate of drug-likeness (QED) is 0.810. The summed E-state index contributed by atoms with van der Waals surface area (Å²) in [6.07, 6.45) is 7.28. The van der Waals surface area contributed by atoms with Crippen molar-refractivity contribution in [3.63, 3.8) is 0 Å². The largest absolute Gasteiger partial charge is 0.344 e. The van der Waals surface area contributed by atoms with Crippen molar-refractivity contribution >= 4 is 10.1 Å². The molecule has 0 aromatic rings. The van der Waals surface area contributed by atoms with E-state index in [-0.39, 0.29) is 11.6 Å². The maximum Gasteiger partial charge on any atom is 0.272 e. The van der Waals surface area contributed by atoms with Crippen LogP contribution in [0.5, 0.6) is 0 Å². The van der Waals surface area contributed by atoms with Gasteiger partial charge in [-0.3, -0.25) is 4.18 Å². The second-order valence-electron chi connectivity index (χ2n) is 7.33. The first-order chi connectivity index (χ1) is 8.30. The Balaban J connectivity index is 0.00000133. The van der Waals surface area contributed by atoms with Gasteiger partial charge >= 0.3 is 0 Å². The SMILES string of the molecule is COS(=O)(=O)C(C)(C)C12CC3CC(CC(C3)C1)C2.N. The van der Waals surface area contributed by atoms with Gasteiger partial charge in [-0.2, -0.15) is 8.42 Å². The third-order valence-corrected chi connectivity index (χ3v) is 8.28. The van der Waals surface area contributed by atoms with Crippen molar-refractivity contribution in [1.29, 1.82) is 0 Å². The fourth-order valence-electron chi connectivity index (χ4n) is 5.32. The number of rotatable bonds is 3. The predicted octanol–water partition coefficient (Wildman–Crippen LogP) is 3.12. The molecule has 112 valence electrons. The monoisotopic (exact) mass is 289 g/mol. The minimum Gasteiger partial charge on any atom is -0.344 e. The summed E-state index contributed by atoms with van der Waals surface area (Å²) in [4.78, 5) is 0. The third-order valence-electron chi connectivity index (χ3n) is 6.16. The molecular weight excluding hydrogens is 262 g/mol. The predicted molar refractivity (Wildman–Crippen MR) is 75.6 cm³/mol. The minimum atomic E-state index is -3.46. The molecule has 4 saturated carbocycles. The summed E-state index contributed by atoms with van der Waals surface area (Å²) in [5.41, 5.74) is -0.0312. The van der Waals surface area contributed by atoms with E-state index in [1.807, 2.05) is 13.8 Å². The Kier molecular flexibility index (Phi) is 3.56. The summed E-state index contributed by atoms with van der Waals surface area (Å²) >= 11 is 0.